The molecule has 0 bridgehead atoms. The van der Waals surface area contributed by atoms with E-state index in [4.69, 9.17) is 22.5 Å². The number of halogens is 6. The average molecular weight is 252 g/mol. The lowest BCUT2D eigenvalue weighted by Crippen LogP contribution is -2.20. The van der Waals surface area contributed by atoms with Crippen molar-refractivity contribution in [3.05, 3.63) is 0 Å². The van der Waals surface area contributed by atoms with E-state index in [-0.39, 0.29) is 0 Å². The fourth-order valence-corrected chi connectivity index (χ4v) is 1.57. The Morgan fingerprint density at radius 1 is 1.50 bits per heavy atom. The minimum absolute atomic E-state index is 2.70. The smallest absolute Gasteiger partial charge is 0.284 e. The molecule has 0 aliphatic heterocycles. The molecule has 2 atom stereocenters. The maximum atomic E-state index is 12.5. The quantitative estimate of drug-likeness (QED) is 0.535. The van der Waals surface area contributed by atoms with Gasteiger partial charge in [-0.1, -0.05) is 23.2 Å². The molecule has 0 aliphatic carbocycles. The Morgan fingerprint density at radius 3 is 1.80 bits per heavy atom. The number of rotatable bonds is 2. The Morgan fingerprint density at radius 2 is 1.80 bits per heavy atom. The molecule has 2 unspecified atom stereocenters. The molecule has 0 saturated carbocycles. The van der Waals surface area contributed by atoms with Gasteiger partial charge in [-0.3, -0.25) is 4.57 Å². The van der Waals surface area contributed by atoms with Gasteiger partial charge in [0.1, 0.15) is 0 Å². The molecule has 0 aromatic heterocycles. The Hall–Kier alpha value is 1.25. The van der Waals surface area contributed by atoms with Crippen molar-refractivity contribution in [2.45, 2.75) is 10.5 Å². The van der Waals surface area contributed by atoms with Crippen molar-refractivity contribution < 1.29 is 13.3 Å². The van der Waals surface area contributed by atoms with E-state index in [1.165, 1.54) is 0 Å². The van der Waals surface area contributed by atoms with Crippen LogP contribution in [0.2, 0.25) is 0 Å². The Labute approximate surface area is 75.5 Å². The zero-order chi connectivity index (χ0) is 8.58. The van der Waals surface area contributed by atoms with Crippen LogP contribution in [0.4, 0.5) is 8.78 Å². The third-order valence-electron chi connectivity index (χ3n) is 0.610. The van der Waals surface area contributed by atoms with Gasteiger partial charge in [0.15, 0.2) is 0 Å². The lowest BCUT2D eigenvalue weighted by molar-refractivity contribution is 0.265. The van der Waals surface area contributed by atoms with Gasteiger partial charge >= 0.3 is 10.7 Å². The fourth-order valence-electron chi connectivity index (χ4n) is 0.114. The van der Waals surface area contributed by atoms with Crippen molar-refractivity contribution in [3.8, 4) is 0 Å². The van der Waals surface area contributed by atoms with Crippen LogP contribution >= 0.6 is 51.5 Å². The Bertz CT molecular complexity index is 165. The molecule has 10 heavy (non-hydrogen) atoms. The van der Waals surface area contributed by atoms with Crippen LogP contribution in [0.5, 0.6) is 0 Å². The average Bonchev–Trinajstić information content (AvgIpc) is 1.62. The molecule has 0 saturated heterocycles. The van der Waals surface area contributed by atoms with Gasteiger partial charge in [-0.25, -0.2) is 8.78 Å². The molecule has 0 aromatic rings. The van der Waals surface area contributed by atoms with Crippen molar-refractivity contribution >= 4 is 51.5 Å². The molecule has 0 amide bonds. The molecule has 62 valence electrons. The molecular weight excluding hydrogens is 251 g/mol. The summed E-state index contributed by atoms with van der Waals surface area (Å²) >= 11 is 18.6. The molecule has 0 N–H and O–H groups in total. The molecule has 0 fully saturated rings. The van der Waals surface area contributed by atoms with E-state index in [2.05, 4.69) is 23.2 Å². The minimum Gasteiger partial charge on any atom is -0.284 e. The predicted molar refractivity (Wildman–Crippen MR) is 39.8 cm³/mol. The topological polar surface area (TPSA) is 17.1 Å². The summed E-state index contributed by atoms with van der Waals surface area (Å²) in [6.07, 6.45) is 0. The Balaban J connectivity index is 4.58. The zero-order valence-electron chi connectivity index (χ0n) is 4.20. The molecule has 0 rings (SSSR count). The van der Waals surface area contributed by atoms with Gasteiger partial charge in [0.05, 0.1) is 0 Å². The zero-order valence-corrected chi connectivity index (χ0v) is 8.12. The van der Waals surface area contributed by atoms with E-state index in [1.807, 2.05) is 0 Å². The molecule has 0 aliphatic rings. The van der Waals surface area contributed by atoms with Crippen LogP contribution in [-0.2, 0) is 4.57 Å². The number of hydrogen-bond acceptors (Lipinski definition) is 1. The van der Waals surface area contributed by atoms with Crippen molar-refractivity contribution in [1.82, 2.24) is 0 Å². The standard InChI is InChI=1S/C2HCl4F2OP/c3-1(7)2(4,8)10(5,6)9/h1H. The van der Waals surface area contributed by atoms with E-state index in [0.717, 1.165) is 0 Å². The summed E-state index contributed by atoms with van der Waals surface area (Å²) in [5, 5.41) is 0. The summed E-state index contributed by atoms with van der Waals surface area (Å²) < 4.78 is 34.7. The summed E-state index contributed by atoms with van der Waals surface area (Å²) in [5.41, 5.74) is -2.70. The second kappa shape index (κ2) is 3.32. The predicted octanol–water partition coefficient (Wildman–Crippen LogP) is 4.05. The van der Waals surface area contributed by atoms with Crippen LogP contribution in [0.15, 0.2) is 0 Å². The highest BCUT2D eigenvalue weighted by atomic mass is 35.9. The van der Waals surface area contributed by atoms with Crippen molar-refractivity contribution in [3.63, 3.8) is 0 Å². The van der Waals surface area contributed by atoms with Gasteiger partial charge < -0.3 is 0 Å². The molecule has 0 radical (unpaired) electrons. The molecular formula is C2HCl4F2OP. The first-order chi connectivity index (χ1) is 4.19. The van der Waals surface area contributed by atoms with E-state index in [1.54, 1.807) is 0 Å². The SMILES string of the molecule is O=P(Cl)(Cl)C(F)(Cl)C(F)Cl. The monoisotopic (exact) mass is 250 g/mol. The van der Waals surface area contributed by atoms with Gasteiger partial charge in [0.2, 0.25) is 5.63 Å². The van der Waals surface area contributed by atoms with E-state index in [9.17, 15) is 13.3 Å². The minimum atomic E-state index is -4.39. The lowest BCUT2D eigenvalue weighted by atomic mass is 10.8. The fraction of sp³-hybridized carbons (Fsp3) is 1.00. The lowest BCUT2D eigenvalue weighted by Gasteiger charge is -2.17. The first-order valence-electron chi connectivity index (χ1n) is 1.85. The van der Waals surface area contributed by atoms with Crippen LogP contribution in [0.3, 0.4) is 0 Å². The maximum absolute atomic E-state index is 12.5. The van der Waals surface area contributed by atoms with Crippen LogP contribution in [0.25, 0.3) is 0 Å². The van der Waals surface area contributed by atoms with Gasteiger partial charge in [0.25, 0.3) is 0 Å². The van der Waals surface area contributed by atoms with E-state index < -0.39 is 16.3 Å². The van der Waals surface area contributed by atoms with E-state index in [0.29, 0.717) is 0 Å². The first-order valence-corrected chi connectivity index (χ1v) is 6.18. The first kappa shape index (κ1) is 11.2. The third-order valence-corrected chi connectivity index (χ3v) is 5.00. The second-order valence-corrected chi connectivity index (χ2v) is 7.50. The summed E-state index contributed by atoms with van der Waals surface area (Å²) in [6, 6.07) is 0. The van der Waals surface area contributed by atoms with Crippen molar-refractivity contribution in [2.75, 3.05) is 0 Å². The van der Waals surface area contributed by atoms with Gasteiger partial charge in [-0.2, -0.15) is 0 Å². The summed E-state index contributed by atoms with van der Waals surface area (Å²) in [6.45, 7) is 0. The van der Waals surface area contributed by atoms with Gasteiger partial charge in [0, 0.05) is 0 Å². The third kappa shape index (κ3) is 2.38. The molecule has 0 spiro atoms. The van der Waals surface area contributed by atoms with E-state index >= 15 is 0 Å². The number of hydrogen-bond donors (Lipinski definition) is 0. The van der Waals surface area contributed by atoms with Crippen LogP contribution in [0, 0.1) is 0 Å². The highest BCUT2D eigenvalue weighted by Gasteiger charge is 2.52. The Kier molecular flexibility index (Phi) is 3.74. The molecule has 8 heteroatoms. The summed E-state index contributed by atoms with van der Waals surface area (Å²) in [4.78, 5) is -3.41. The highest BCUT2D eigenvalue weighted by Crippen LogP contribution is 2.71. The van der Waals surface area contributed by atoms with Crippen LogP contribution in [0.1, 0.15) is 0 Å². The van der Waals surface area contributed by atoms with Crippen molar-refractivity contribution in [1.29, 1.82) is 0 Å². The maximum Gasteiger partial charge on any atom is 0.308 e. The van der Waals surface area contributed by atoms with Crippen molar-refractivity contribution in [2.24, 2.45) is 0 Å². The van der Waals surface area contributed by atoms with Gasteiger partial charge in [-0.15, -0.1) is 0 Å². The molecule has 0 heterocycles. The van der Waals surface area contributed by atoms with Crippen LogP contribution in [-0.4, -0.2) is 10.5 Å². The molecule has 0 aromatic carbocycles. The second-order valence-electron chi connectivity index (χ2n) is 1.35. The summed E-state index contributed by atoms with van der Waals surface area (Å²) in [7, 11) is 0. The molecule has 1 nitrogen and oxygen atoms in total. The van der Waals surface area contributed by atoms with Gasteiger partial charge in [-0.05, 0) is 22.5 Å². The normalized spacial score (nSPS) is 21.8. The van der Waals surface area contributed by atoms with Crippen LogP contribution < -0.4 is 0 Å². The largest absolute Gasteiger partial charge is 0.308 e. The highest BCUT2D eigenvalue weighted by molar-refractivity contribution is 8.10. The number of alkyl halides is 4. The summed E-state index contributed by atoms with van der Waals surface area (Å²) in [5.74, 6) is -4.39.